The summed E-state index contributed by atoms with van der Waals surface area (Å²) in [7, 11) is 1.54. The molecule has 1 aromatic carbocycles. The van der Waals surface area contributed by atoms with E-state index < -0.39 is 5.82 Å². The van der Waals surface area contributed by atoms with Crippen molar-refractivity contribution < 1.29 is 23.8 Å². The topological polar surface area (TPSA) is 67.8 Å². The lowest BCUT2D eigenvalue weighted by molar-refractivity contribution is -0.121. The number of aliphatic hydroxyl groups excluding tert-OH is 1. The van der Waals surface area contributed by atoms with Crippen molar-refractivity contribution in [2.45, 2.75) is 0 Å². The molecule has 0 saturated carbocycles. The first-order chi connectivity index (χ1) is 9.67. The number of amides is 1. The molecule has 0 saturated heterocycles. The molecule has 0 aliphatic carbocycles. The van der Waals surface area contributed by atoms with Crippen LogP contribution < -0.4 is 5.32 Å². The molecule has 0 aliphatic heterocycles. The minimum atomic E-state index is -0.514. The van der Waals surface area contributed by atoms with Crippen LogP contribution in [0.1, 0.15) is 5.56 Å². The number of hydrogen-bond acceptors (Lipinski definition) is 4. The summed E-state index contributed by atoms with van der Waals surface area (Å²) in [6.45, 7) is 0.257. The Kier molecular flexibility index (Phi) is 7.29. The van der Waals surface area contributed by atoms with Crippen LogP contribution in [0.4, 0.5) is 10.1 Å². The third kappa shape index (κ3) is 5.80. The number of halogens is 1. The van der Waals surface area contributed by atoms with Crippen LogP contribution in [0.15, 0.2) is 18.2 Å². The predicted molar refractivity (Wildman–Crippen MR) is 71.7 cm³/mol. The number of aliphatic hydroxyl groups is 1. The Labute approximate surface area is 116 Å². The van der Waals surface area contributed by atoms with Crippen molar-refractivity contribution in [2.24, 2.45) is 0 Å². The summed E-state index contributed by atoms with van der Waals surface area (Å²) in [4.78, 5) is 11.5. The van der Waals surface area contributed by atoms with E-state index in [2.05, 4.69) is 17.2 Å². The van der Waals surface area contributed by atoms with Crippen LogP contribution >= 0.6 is 0 Å². The molecule has 0 spiro atoms. The molecule has 0 aliphatic rings. The molecule has 1 rings (SSSR count). The highest BCUT2D eigenvalue weighted by Gasteiger charge is 2.05. The van der Waals surface area contributed by atoms with Gasteiger partial charge in [0.15, 0.2) is 0 Å². The minimum Gasteiger partial charge on any atom is -0.384 e. The first-order valence-electron chi connectivity index (χ1n) is 5.93. The van der Waals surface area contributed by atoms with Crippen molar-refractivity contribution in [3.8, 4) is 11.8 Å². The van der Waals surface area contributed by atoms with Gasteiger partial charge in [-0.15, -0.1) is 0 Å². The summed E-state index contributed by atoms with van der Waals surface area (Å²) in [5, 5.41) is 11.1. The normalized spacial score (nSPS) is 9.75. The monoisotopic (exact) mass is 281 g/mol. The highest BCUT2D eigenvalue weighted by molar-refractivity contribution is 5.91. The molecule has 0 fully saturated rings. The van der Waals surface area contributed by atoms with Gasteiger partial charge in [0.05, 0.1) is 18.8 Å². The SMILES string of the molecule is COCCOCC(=O)Nc1ccc(F)c(C#CCO)c1. The van der Waals surface area contributed by atoms with Crippen LogP contribution in [0.2, 0.25) is 0 Å². The maximum atomic E-state index is 13.4. The second-order valence-electron chi connectivity index (χ2n) is 3.75. The molecule has 20 heavy (non-hydrogen) atoms. The number of nitrogens with one attached hydrogen (secondary N) is 1. The van der Waals surface area contributed by atoms with Crippen molar-refractivity contribution in [2.75, 3.05) is 38.9 Å². The summed E-state index contributed by atoms with van der Waals surface area (Å²) in [5.74, 6) is 3.94. The van der Waals surface area contributed by atoms with Gasteiger partial charge >= 0.3 is 0 Å². The molecule has 0 aromatic heterocycles. The predicted octanol–water partition coefficient (Wildman–Crippen LogP) is 0.771. The zero-order valence-electron chi connectivity index (χ0n) is 11.1. The molecular formula is C14H16FNO4. The maximum Gasteiger partial charge on any atom is 0.250 e. The molecule has 6 heteroatoms. The number of anilines is 1. The van der Waals surface area contributed by atoms with E-state index in [9.17, 15) is 9.18 Å². The van der Waals surface area contributed by atoms with E-state index >= 15 is 0 Å². The van der Waals surface area contributed by atoms with Gasteiger partial charge in [0.25, 0.3) is 0 Å². The fourth-order valence-electron chi connectivity index (χ4n) is 1.34. The van der Waals surface area contributed by atoms with Crippen LogP contribution in [0.3, 0.4) is 0 Å². The van der Waals surface area contributed by atoms with Gasteiger partial charge in [0.1, 0.15) is 19.0 Å². The van der Waals surface area contributed by atoms with Crippen LogP contribution in [-0.4, -0.2) is 44.6 Å². The van der Waals surface area contributed by atoms with Gasteiger partial charge in [-0.05, 0) is 18.2 Å². The number of methoxy groups -OCH3 is 1. The molecule has 0 radical (unpaired) electrons. The summed E-state index contributed by atoms with van der Waals surface area (Å²) in [6, 6.07) is 4.01. The Morgan fingerprint density at radius 1 is 1.45 bits per heavy atom. The Morgan fingerprint density at radius 2 is 2.25 bits per heavy atom. The molecule has 2 N–H and O–H groups in total. The molecule has 0 atom stereocenters. The quantitative estimate of drug-likeness (QED) is 0.597. The first kappa shape index (κ1) is 16.1. The van der Waals surface area contributed by atoms with E-state index in [0.717, 1.165) is 0 Å². The third-order valence-electron chi connectivity index (χ3n) is 2.22. The Hall–Kier alpha value is -1.94. The highest BCUT2D eigenvalue weighted by atomic mass is 19.1. The lowest BCUT2D eigenvalue weighted by Gasteiger charge is -2.07. The Balaban J connectivity index is 2.57. The van der Waals surface area contributed by atoms with Crippen molar-refractivity contribution in [3.63, 3.8) is 0 Å². The fraction of sp³-hybridized carbons (Fsp3) is 0.357. The number of rotatable bonds is 6. The van der Waals surface area contributed by atoms with E-state index in [-0.39, 0.29) is 24.7 Å². The summed E-state index contributed by atoms with van der Waals surface area (Å²) in [5.41, 5.74) is 0.520. The fourth-order valence-corrected chi connectivity index (χ4v) is 1.34. The average Bonchev–Trinajstić information content (AvgIpc) is 2.44. The second-order valence-corrected chi connectivity index (χ2v) is 3.75. The van der Waals surface area contributed by atoms with Crippen molar-refractivity contribution in [1.29, 1.82) is 0 Å². The van der Waals surface area contributed by atoms with Crippen molar-refractivity contribution >= 4 is 11.6 Å². The summed E-state index contributed by atoms with van der Waals surface area (Å²) < 4.78 is 23.2. The van der Waals surface area contributed by atoms with Crippen molar-refractivity contribution in [3.05, 3.63) is 29.6 Å². The molecule has 0 unspecified atom stereocenters. The molecule has 0 bridgehead atoms. The van der Waals surface area contributed by atoms with E-state index in [4.69, 9.17) is 14.6 Å². The highest BCUT2D eigenvalue weighted by Crippen LogP contribution is 2.13. The van der Waals surface area contributed by atoms with Crippen molar-refractivity contribution in [1.82, 2.24) is 0 Å². The zero-order valence-corrected chi connectivity index (χ0v) is 11.1. The summed E-state index contributed by atoms with van der Waals surface area (Å²) >= 11 is 0. The maximum absolute atomic E-state index is 13.4. The lowest BCUT2D eigenvalue weighted by Crippen LogP contribution is -2.19. The lowest BCUT2D eigenvalue weighted by atomic mass is 10.2. The number of carbonyl (C=O) groups excluding carboxylic acids is 1. The van der Waals surface area contributed by atoms with Gasteiger partial charge < -0.3 is 19.9 Å². The third-order valence-corrected chi connectivity index (χ3v) is 2.22. The van der Waals surface area contributed by atoms with Gasteiger partial charge in [0, 0.05) is 12.8 Å². The second kappa shape index (κ2) is 9.04. The van der Waals surface area contributed by atoms with Gasteiger partial charge in [0.2, 0.25) is 5.91 Å². The molecule has 108 valence electrons. The first-order valence-corrected chi connectivity index (χ1v) is 5.93. The van der Waals surface area contributed by atoms with Crippen LogP contribution in [-0.2, 0) is 14.3 Å². The average molecular weight is 281 g/mol. The van der Waals surface area contributed by atoms with E-state index in [0.29, 0.717) is 18.9 Å². The standard InChI is InChI=1S/C14H16FNO4/c1-19-7-8-20-10-14(18)16-12-4-5-13(15)11(9-12)3-2-6-17/h4-5,9,17H,6-8,10H2,1H3,(H,16,18). The van der Waals surface area contributed by atoms with Crippen LogP contribution in [0.5, 0.6) is 0 Å². The molecule has 1 aromatic rings. The zero-order chi connectivity index (χ0) is 14.8. The number of ether oxygens (including phenoxy) is 2. The van der Waals surface area contributed by atoms with Gasteiger partial charge in [-0.1, -0.05) is 11.8 Å². The van der Waals surface area contributed by atoms with Gasteiger partial charge in [-0.3, -0.25) is 4.79 Å². The molecule has 0 heterocycles. The van der Waals surface area contributed by atoms with Crippen LogP contribution in [0, 0.1) is 17.7 Å². The smallest absolute Gasteiger partial charge is 0.250 e. The number of benzene rings is 1. The Bertz CT molecular complexity index is 508. The van der Waals surface area contributed by atoms with Crippen LogP contribution in [0.25, 0.3) is 0 Å². The summed E-state index contributed by atoms with van der Waals surface area (Å²) in [6.07, 6.45) is 0. The van der Waals surface area contributed by atoms with E-state index in [1.807, 2.05) is 0 Å². The molecule has 1 amide bonds. The number of carbonyl (C=O) groups is 1. The van der Waals surface area contributed by atoms with E-state index in [1.54, 1.807) is 0 Å². The number of hydrogen-bond donors (Lipinski definition) is 2. The van der Waals surface area contributed by atoms with Gasteiger partial charge in [-0.25, -0.2) is 4.39 Å². The molecular weight excluding hydrogens is 265 g/mol. The molecule has 5 nitrogen and oxygen atoms in total. The van der Waals surface area contributed by atoms with E-state index in [1.165, 1.54) is 25.3 Å². The minimum absolute atomic E-state index is 0.108. The largest absolute Gasteiger partial charge is 0.384 e. The van der Waals surface area contributed by atoms with Gasteiger partial charge in [-0.2, -0.15) is 0 Å². The Morgan fingerprint density at radius 3 is 2.95 bits per heavy atom.